The molecular formula is C45H95N3OS2. The van der Waals surface area contributed by atoms with E-state index in [1.54, 1.807) is 0 Å². The molecule has 1 fully saturated rings. The van der Waals surface area contributed by atoms with Crippen molar-refractivity contribution >= 4 is 29.4 Å². The molecule has 308 valence electrons. The van der Waals surface area contributed by atoms with Gasteiger partial charge in [-0.25, -0.2) is 0 Å². The van der Waals surface area contributed by atoms with Gasteiger partial charge in [0.2, 0.25) is 5.91 Å². The molecule has 1 amide bonds. The number of hydrogen-bond acceptors (Lipinski definition) is 5. The molecule has 6 heteroatoms. The molecule has 51 heavy (non-hydrogen) atoms. The second-order valence-electron chi connectivity index (χ2n) is 16.7. The lowest BCUT2D eigenvalue weighted by atomic mass is 9.78. The van der Waals surface area contributed by atoms with E-state index in [9.17, 15) is 4.79 Å². The van der Waals surface area contributed by atoms with Crippen molar-refractivity contribution in [2.45, 2.75) is 213 Å². The van der Waals surface area contributed by atoms with E-state index in [-0.39, 0.29) is 13.3 Å². The molecule has 4 unspecified atom stereocenters. The van der Waals surface area contributed by atoms with Crippen molar-refractivity contribution in [2.75, 3.05) is 52.8 Å². The van der Waals surface area contributed by atoms with Gasteiger partial charge in [-0.1, -0.05) is 164 Å². The molecule has 0 aromatic heterocycles. The molecule has 2 N–H and O–H groups in total. The van der Waals surface area contributed by atoms with E-state index in [0.717, 1.165) is 23.6 Å². The van der Waals surface area contributed by atoms with Gasteiger partial charge in [0.05, 0.1) is 0 Å². The number of nitrogens with two attached hydrogens (primary N) is 1. The van der Waals surface area contributed by atoms with Gasteiger partial charge in [0.1, 0.15) is 0 Å². The summed E-state index contributed by atoms with van der Waals surface area (Å²) in [6.07, 6.45) is 36.1. The van der Waals surface area contributed by atoms with Crippen LogP contribution < -0.4 is 5.73 Å². The van der Waals surface area contributed by atoms with Crippen LogP contribution in [-0.4, -0.2) is 79.0 Å². The van der Waals surface area contributed by atoms with Gasteiger partial charge in [-0.3, -0.25) is 4.79 Å². The Morgan fingerprint density at radius 2 is 1.10 bits per heavy atom. The van der Waals surface area contributed by atoms with E-state index >= 15 is 0 Å². The Kier molecular flexibility index (Phi) is 40.0. The van der Waals surface area contributed by atoms with Crippen molar-refractivity contribution in [3.63, 3.8) is 0 Å². The Bertz CT molecular complexity index is 702. The van der Waals surface area contributed by atoms with Crippen molar-refractivity contribution in [1.82, 2.24) is 9.80 Å². The van der Waals surface area contributed by atoms with E-state index < -0.39 is 0 Å². The van der Waals surface area contributed by atoms with Crippen LogP contribution in [0.5, 0.6) is 0 Å². The van der Waals surface area contributed by atoms with Crippen molar-refractivity contribution in [3.8, 4) is 0 Å². The lowest BCUT2D eigenvalue weighted by Crippen LogP contribution is -2.31. The van der Waals surface area contributed by atoms with Gasteiger partial charge in [0.25, 0.3) is 0 Å². The summed E-state index contributed by atoms with van der Waals surface area (Å²) in [5, 5.41) is 1.48. The Labute approximate surface area is 331 Å². The van der Waals surface area contributed by atoms with E-state index in [0.29, 0.717) is 17.6 Å². The maximum atomic E-state index is 11.4. The minimum absolute atomic E-state index is 0. The monoisotopic (exact) mass is 758 g/mol. The van der Waals surface area contributed by atoms with Crippen molar-refractivity contribution < 1.29 is 4.79 Å². The lowest BCUT2D eigenvalue weighted by molar-refractivity contribution is -0.119. The van der Waals surface area contributed by atoms with E-state index in [1.807, 2.05) is 0 Å². The third-order valence-corrected chi connectivity index (χ3v) is 13.8. The average Bonchev–Trinajstić information content (AvgIpc) is 3.06. The molecule has 1 aliphatic carbocycles. The molecule has 0 radical (unpaired) electrons. The highest BCUT2D eigenvalue weighted by Crippen LogP contribution is 2.41. The number of carbonyl (C=O) groups is 1. The number of nitrogens with zero attached hydrogens (tertiary/aromatic N) is 2. The second kappa shape index (κ2) is 38.4. The molecule has 1 rings (SSSR count). The SMILES string of the molecule is C.CC(C)C(CCCC1CCC(CC(N)=O)CC1SCCN(C)C)SCCN(C)C.CCCCCCCCCCCCCCCCCCCCC. The second-order valence-corrected chi connectivity index (χ2v) is 19.4. The highest BCUT2D eigenvalue weighted by molar-refractivity contribution is 8.00. The van der Waals surface area contributed by atoms with Gasteiger partial charge in [-0.05, 0) is 78.0 Å². The molecule has 0 heterocycles. The van der Waals surface area contributed by atoms with Gasteiger partial charge in [0, 0.05) is 41.5 Å². The minimum Gasteiger partial charge on any atom is -0.370 e. The standard InChI is InChI=1S/C23H47N3OS2.C21H44.CH4/c1-18(2)21(28-14-12-25(3)4)9-7-8-20-11-10-19(17-23(24)27)16-22(20)29-15-13-26(5)6;1-3-5-7-9-11-13-15-17-19-21-20-18-16-14-12-10-8-6-4-2;/h18-22H,7-17H2,1-6H3,(H2,24,27);3-21H2,1-2H3;1H4. The summed E-state index contributed by atoms with van der Waals surface area (Å²) < 4.78 is 0. The van der Waals surface area contributed by atoms with Crippen LogP contribution in [0.4, 0.5) is 0 Å². The fourth-order valence-corrected chi connectivity index (χ4v) is 10.6. The summed E-state index contributed by atoms with van der Waals surface area (Å²) in [6.45, 7) is 11.7. The van der Waals surface area contributed by atoms with Crippen LogP contribution in [-0.2, 0) is 4.79 Å². The summed E-state index contributed by atoms with van der Waals surface area (Å²) in [5.74, 6) is 4.36. The molecule has 0 aromatic carbocycles. The summed E-state index contributed by atoms with van der Waals surface area (Å²) in [7, 11) is 8.62. The lowest BCUT2D eigenvalue weighted by Gasteiger charge is -2.36. The molecule has 1 aliphatic rings. The molecule has 1 saturated carbocycles. The average molecular weight is 758 g/mol. The maximum absolute atomic E-state index is 11.4. The first-order chi connectivity index (χ1) is 24.1. The predicted octanol–water partition coefficient (Wildman–Crippen LogP) is 13.5. The van der Waals surface area contributed by atoms with Crippen LogP contribution in [0, 0.1) is 17.8 Å². The van der Waals surface area contributed by atoms with Crippen molar-refractivity contribution in [1.29, 1.82) is 0 Å². The number of unbranched alkanes of at least 4 members (excludes halogenated alkanes) is 18. The molecule has 4 nitrogen and oxygen atoms in total. The fraction of sp³-hybridized carbons (Fsp3) is 0.978. The van der Waals surface area contributed by atoms with Crippen molar-refractivity contribution in [2.24, 2.45) is 23.5 Å². The normalized spacial score (nSPS) is 18.1. The van der Waals surface area contributed by atoms with Gasteiger partial charge < -0.3 is 15.5 Å². The van der Waals surface area contributed by atoms with Crippen LogP contribution in [0.1, 0.15) is 202 Å². The summed E-state index contributed by atoms with van der Waals surface area (Å²) >= 11 is 4.31. The van der Waals surface area contributed by atoms with Gasteiger partial charge in [-0.2, -0.15) is 23.5 Å². The molecule has 0 aromatic rings. The molecule has 0 saturated heterocycles. The Balaban J connectivity index is 0. The third-order valence-electron chi connectivity index (χ3n) is 10.8. The predicted molar refractivity (Wildman–Crippen MR) is 239 cm³/mol. The molecule has 0 spiro atoms. The quantitative estimate of drug-likeness (QED) is 0.0676. The van der Waals surface area contributed by atoms with Crippen LogP contribution in [0.3, 0.4) is 0 Å². The largest absolute Gasteiger partial charge is 0.370 e. The summed E-state index contributed by atoms with van der Waals surface area (Å²) in [6, 6.07) is 0. The number of hydrogen-bond donors (Lipinski definition) is 1. The highest BCUT2D eigenvalue weighted by atomic mass is 32.2. The van der Waals surface area contributed by atoms with E-state index in [1.165, 1.54) is 179 Å². The van der Waals surface area contributed by atoms with Gasteiger partial charge in [-0.15, -0.1) is 0 Å². The summed E-state index contributed by atoms with van der Waals surface area (Å²) in [5.41, 5.74) is 5.49. The van der Waals surface area contributed by atoms with Crippen LogP contribution in [0.15, 0.2) is 0 Å². The van der Waals surface area contributed by atoms with Crippen LogP contribution in [0.2, 0.25) is 0 Å². The fourth-order valence-electron chi connectivity index (χ4n) is 7.39. The van der Waals surface area contributed by atoms with Crippen LogP contribution in [0.25, 0.3) is 0 Å². The smallest absolute Gasteiger partial charge is 0.217 e. The first kappa shape index (κ1) is 53.2. The Morgan fingerprint density at radius 3 is 1.49 bits per heavy atom. The number of carbonyl (C=O) groups excluding carboxylic acids is 1. The number of rotatable bonds is 33. The topological polar surface area (TPSA) is 49.6 Å². The van der Waals surface area contributed by atoms with Gasteiger partial charge in [0.15, 0.2) is 0 Å². The highest BCUT2D eigenvalue weighted by Gasteiger charge is 2.31. The zero-order valence-electron chi connectivity index (χ0n) is 35.3. The zero-order valence-corrected chi connectivity index (χ0v) is 36.9. The first-order valence-electron chi connectivity index (χ1n) is 21.9. The van der Waals surface area contributed by atoms with Crippen LogP contribution >= 0.6 is 23.5 Å². The Morgan fingerprint density at radius 1 is 0.667 bits per heavy atom. The first-order valence-corrected chi connectivity index (χ1v) is 24.0. The summed E-state index contributed by atoms with van der Waals surface area (Å²) in [4.78, 5) is 16.0. The molecule has 0 bridgehead atoms. The Hall–Kier alpha value is 0.0900. The van der Waals surface area contributed by atoms with E-state index in [2.05, 4.69) is 89.2 Å². The molecule has 4 atom stereocenters. The zero-order chi connectivity index (χ0) is 37.2. The maximum Gasteiger partial charge on any atom is 0.217 e. The molecular weight excluding hydrogens is 663 g/mol. The van der Waals surface area contributed by atoms with Crippen molar-refractivity contribution in [3.05, 3.63) is 0 Å². The third kappa shape index (κ3) is 35.5. The van der Waals surface area contributed by atoms with E-state index in [4.69, 9.17) is 5.73 Å². The number of primary amides is 1. The van der Waals surface area contributed by atoms with Gasteiger partial charge >= 0.3 is 0 Å². The number of thioether (sulfide) groups is 2. The number of amides is 1. The minimum atomic E-state index is -0.125. The molecule has 0 aliphatic heterocycles.